The molecule has 0 bridgehead atoms. The number of carbonyl (C=O) groups is 1. The van der Waals surface area contributed by atoms with Gasteiger partial charge in [-0.3, -0.25) is 9.78 Å². The Morgan fingerprint density at radius 3 is 2.64 bits per heavy atom. The first-order valence-electron chi connectivity index (χ1n) is 8.07. The molecular weight excluding hydrogens is 316 g/mol. The first-order chi connectivity index (χ1) is 12.0. The number of hydrogen-bond donors (Lipinski definition) is 3. The normalized spacial score (nSPS) is 12.0. The molecular formula is C19H20N4O2. The zero-order chi connectivity index (χ0) is 17.8. The number of H-pyrrole nitrogens is 1. The van der Waals surface area contributed by atoms with E-state index in [1.807, 2.05) is 49.4 Å². The second-order valence-electron chi connectivity index (χ2n) is 5.88. The lowest BCUT2D eigenvalue weighted by Crippen LogP contribution is -2.32. The van der Waals surface area contributed by atoms with Gasteiger partial charge in [-0.05, 0) is 26.0 Å². The van der Waals surface area contributed by atoms with E-state index in [0.29, 0.717) is 5.82 Å². The summed E-state index contributed by atoms with van der Waals surface area (Å²) in [6, 6.07) is 13.8. The van der Waals surface area contributed by atoms with Gasteiger partial charge in [0, 0.05) is 11.8 Å². The van der Waals surface area contributed by atoms with Gasteiger partial charge in [-0.15, -0.1) is 0 Å². The van der Waals surface area contributed by atoms with Crippen LogP contribution >= 0.6 is 0 Å². The van der Waals surface area contributed by atoms with Crippen LogP contribution in [0.5, 0.6) is 0 Å². The number of amides is 1. The monoisotopic (exact) mass is 336 g/mol. The maximum atomic E-state index is 11.6. The number of hydrogen-bond acceptors (Lipinski definition) is 4. The summed E-state index contributed by atoms with van der Waals surface area (Å²) in [5, 5.41) is 11.9. The fraction of sp³-hybridized carbons (Fsp3) is 0.211. The molecule has 0 spiro atoms. The lowest BCUT2D eigenvalue weighted by atomic mass is 10.1. The third-order valence-corrected chi connectivity index (χ3v) is 3.81. The van der Waals surface area contributed by atoms with Gasteiger partial charge in [0.05, 0.1) is 23.6 Å². The van der Waals surface area contributed by atoms with Gasteiger partial charge >= 0.3 is 0 Å². The topological polar surface area (TPSA) is 90.9 Å². The van der Waals surface area contributed by atoms with Crippen LogP contribution in [0, 0.1) is 6.92 Å². The fourth-order valence-corrected chi connectivity index (χ4v) is 2.44. The van der Waals surface area contributed by atoms with Crippen LogP contribution in [0.4, 0.5) is 0 Å². The van der Waals surface area contributed by atoms with Gasteiger partial charge in [0.2, 0.25) is 5.91 Å². The molecule has 0 fully saturated rings. The minimum Gasteiger partial charge on any atom is -0.384 e. The summed E-state index contributed by atoms with van der Waals surface area (Å²) < 4.78 is 0. The van der Waals surface area contributed by atoms with E-state index in [4.69, 9.17) is 0 Å². The molecule has 3 N–H and O–H groups in total. The standard InChI is InChI=1S/C19H20N4O2/c1-12-6-8-14(9-7-12)17-18(15-5-3-4-10-20-15)23-16(22-17)11-21-19(25)13(2)24/h3-10,13,24H,11H2,1-2H3,(H,21,25)(H,22,23). The van der Waals surface area contributed by atoms with E-state index < -0.39 is 12.0 Å². The third-order valence-electron chi connectivity index (χ3n) is 3.81. The number of aromatic nitrogens is 3. The number of aryl methyl sites for hydroxylation is 1. The molecule has 3 rings (SSSR count). The molecule has 25 heavy (non-hydrogen) atoms. The molecule has 3 aromatic rings. The molecule has 0 aliphatic rings. The molecule has 0 saturated heterocycles. The van der Waals surface area contributed by atoms with E-state index in [-0.39, 0.29) is 6.54 Å². The number of pyridine rings is 1. The van der Waals surface area contributed by atoms with E-state index in [0.717, 1.165) is 22.6 Å². The number of aliphatic hydroxyl groups excluding tert-OH is 1. The van der Waals surface area contributed by atoms with Crippen LogP contribution in [-0.2, 0) is 11.3 Å². The first-order valence-corrected chi connectivity index (χ1v) is 8.07. The molecule has 1 aromatic carbocycles. The maximum absolute atomic E-state index is 11.6. The van der Waals surface area contributed by atoms with Crippen molar-refractivity contribution in [2.75, 3.05) is 0 Å². The summed E-state index contributed by atoms with van der Waals surface area (Å²) in [7, 11) is 0. The van der Waals surface area contributed by atoms with Gasteiger partial charge in [0.25, 0.3) is 0 Å². The molecule has 0 aliphatic heterocycles. The van der Waals surface area contributed by atoms with Crippen LogP contribution in [0.3, 0.4) is 0 Å². The molecule has 1 unspecified atom stereocenters. The van der Waals surface area contributed by atoms with Gasteiger partial charge in [-0.1, -0.05) is 35.9 Å². The summed E-state index contributed by atoms with van der Waals surface area (Å²) >= 11 is 0. The lowest BCUT2D eigenvalue weighted by molar-refractivity contribution is -0.128. The number of nitrogens with zero attached hydrogens (tertiary/aromatic N) is 2. The van der Waals surface area contributed by atoms with Crippen molar-refractivity contribution in [1.29, 1.82) is 0 Å². The predicted octanol–water partition coefficient (Wildman–Crippen LogP) is 2.44. The number of aromatic amines is 1. The van der Waals surface area contributed by atoms with Crippen molar-refractivity contribution < 1.29 is 9.90 Å². The van der Waals surface area contributed by atoms with Gasteiger partial charge in [0.15, 0.2) is 0 Å². The van der Waals surface area contributed by atoms with Gasteiger partial charge in [0.1, 0.15) is 11.9 Å². The smallest absolute Gasteiger partial charge is 0.248 e. The minimum atomic E-state index is -1.05. The number of aliphatic hydroxyl groups is 1. The number of carbonyl (C=O) groups excluding carboxylic acids is 1. The average molecular weight is 336 g/mol. The van der Waals surface area contributed by atoms with Crippen LogP contribution < -0.4 is 5.32 Å². The molecule has 6 heteroatoms. The molecule has 6 nitrogen and oxygen atoms in total. The van der Waals surface area contributed by atoms with Crippen LogP contribution in [-0.4, -0.2) is 32.1 Å². The SMILES string of the molecule is Cc1ccc(-c2nc(CNC(=O)C(C)O)[nH]c2-c2ccccn2)cc1. The van der Waals surface area contributed by atoms with Crippen molar-refractivity contribution in [2.45, 2.75) is 26.5 Å². The van der Waals surface area contributed by atoms with Gasteiger partial charge in [-0.2, -0.15) is 0 Å². The number of benzene rings is 1. The predicted molar refractivity (Wildman–Crippen MR) is 95.5 cm³/mol. The minimum absolute atomic E-state index is 0.204. The molecule has 1 atom stereocenters. The van der Waals surface area contributed by atoms with E-state index >= 15 is 0 Å². The molecule has 0 aliphatic carbocycles. The van der Waals surface area contributed by atoms with Crippen LogP contribution in [0.2, 0.25) is 0 Å². The van der Waals surface area contributed by atoms with Crippen molar-refractivity contribution in [3.63, 3.8) is 0 Å². The van der Waals surface area contributed by atoms with Crippen molar-refractivity contribution in [3.05, 3.63) is 60.0 Å². The van der Waals surface area contributed by atoms with E-state index in [1.54, 1.807) is 6.20 Å². The molecule has 1 amide bonds. The second-order valence-corrected chi connectivity index (χ2v) is 5.88. The summed E-state index contributed by atoms with van der Waals surface area (Å²) in [6.45, 7) is 3.66. The largest absolute Gasteiger partial charge is 0.384 e. The molecule has 0 radical (unpaired) electrons. The highest BCUT2D eigenvalue weighted by Gasteiger charge is 2.16. The summed E-state index contributed by atoms with van der Waals surface area (Å²) in [4.78, 5) is 23.8. The van der Waals surface area contributed by atoms with E-state index in [1.165, 1.54) is 12.5 Å². The molecule has 2 aromatic heterocycles. The fourth-order valence-electron chi connectivity index (χ4n) is 2.44. The van der Waals surface area contributed by atoms with E-state index in [9.17, 15) is 9.90 Å². The highest BCUT2D eigenvalue weighted by atomic mass is 16.3. The Kier molecular flexibility index (Phi) is 4.90. The molecule has 2 heterocycles. The van der Waals surface area contributed by atoms with Gasteiger partial charge < -0.3 is 15.4 Å². The van der Waals surface area contributed by atoms with Crippen molar-refractivity contribution in [3.8, 4) is 22.6 Å². The van der Waals surface area contributed by atoms with E-state index in [2.05, 4.69) is 20.3 Å². The van der Waals surface area contributed by atoms with Crippen molar-refractivity contribution in [2.24, 2.45) is 0 Å². The van der Waals surface area contributed by atoms with Crippen LogP contribution in [0.15, 0.2) is 48.7 Å². The van der Waals surface area contributed by atoms with Gasteiger partial charge in [-0.25, -0.2) is 4.98 Å². The van der Waals surface area contributed by atoms with Crippen LogP contribution in [0.25, 0.3) is 22.6 Å². The lowest BCUT2D eigenvalue weighted by Gasteiger charge is -2.04. The number of imidazole rings is 1. The Morgan fingerprint density at radius 2 is 2.00 bits per heavy atom. The molecule has 128 valence electrons. The van der Waals surface area contributed by atoms with Crippen molar-refractivity contribution in [1.82, 2.24) is 20.3 Å². The Morgan fingerprint density at radius 1 is 1.24 bits per heavy atom. The first kappa shape index (κ1) is 16.9. The second kappa shape index (κ2) is 7.27. The Bertz CT molecular complexity index is 855. The zero-order valence-corrected chi connectivity index (χ0v) is 14.2. The highest BCUT2D eigenvalue weighted by molar-refractivity contribution is 5.80. The third kappa shape index (κ3) is 3.92. The summed E-state index contributed by atoms with van der Waals surface area (Å²) in [5.74, 6) is 0.165. The Labute approximate surface area is 146 Å². The summed E-state index contributed by atoms with van der Waals surface area (Å²) in [5.41, 5.74) is 4.49. The maximum Gasteiger partial charge on any atom is 0.248 e. The van der Waals surface area contributed by atoms with Crippen LogP contribution in [0.1, 0.15) is 18.3 Å². The number of rotatable bonds is 5. The highest BCUT2D eigenvalue weighted by Crippen LogP contribution is 2.29. The zero-order valence-electron chi connectivity index (χ0n) is 14.2. The number of nitrogens with one attached hydrogen (secondary N) is 2. The summed E-state index contributed by atoms with van der Waals surface area (Å²) in [6.07, 6.45) is 0.672. The Hall–Kier alpha value is -2.99. The average Bonchev–Trinajstić information content (AvgIpc) is 3.05. The Balaban J connectivity index is 1.97. The molecule has 0 saturated carbocycles. The van der Waals surface area contributed by atoms with Crippen molar-refractivity contribution >= 4 is 5.91 Å². The quantitative estimate of drug-likeness (QED) is 0.667.